The molecule has 5 rings (SSSR count). The third-order valence-corrected chi connectivity index (χ3v) is 7.69. The molecule has 0 aliphatic carbocycles. The minimum absolute atomic E-state index is 0.0742. The van der Waals surface area contributed by atoms with Crippen molar-refractivity contribution in [2.24, 2.45) is 0 Å². The molecule has 0 unspecified atom stereocenters. The number of hydrogen-bond acceptors (Lipinski definition) is 6. The van der Waals surface area contributed by atoms with Crippen LogP contribution in [0, 0.1) is 0 Å². The van der Waals surface area contributed by atoms with Crippen LogP contribution in [-0.2, 0) is 9.53 Å². The molecule has 1 fully saturated rings. The van der Waals surface area contributed by atoms with Crippen LogP contribution in [0.1, 0.15) is 58.5 Å². The third-order valence-electron chi connectivity index (χ3n) is 7.69. The lowest BCUT2D eigenvalue weighted by Gasteiger charge is -2.42. The zero-order valence-electron chi connectivity index (χ0n) is 23.5. The molecule has 2 heterocycles. The van der Waals surface area contributed by atoms with Gasteiger partial charge in [0.2, 0.25) is 5.91 Å². The highest BCUT2D eigenvalue weighted by atomic mass is 16.5. The fourth-order valence-electron chi connectivity index (χ4n) is 5.41. The van der Waals surface area contributed by atoms with Gasteiger partial charge in [-0.05, 0) is 61.7 Å². The van der Waals surface area contributed by atoms with E-state index in [4.69, 9.17) is 14.2 Å². The van der Waals surface area contributed by atoms with E-state index in [0.29, 0.717) is 41.2 Å². The lowest BCUT2D eigenvalue weighted by molar-refractivity contribution is -0.134. The first kappa shape index (κ1) is 28.2. The van der Waals surface area contributed by atoms with Gasteiger partial charge >= 0.3 is 0 Å². The number of benzene rings is 3. The van der Waals surface area contributed by atoms with Gasteiger partial charge in [0, 0.05) is 18.3 Å². The number of nitrogens with zero attached hydrogens (tertiary/aromatic N) is 1. The zero-order chi connectivity index (χ0) is 28.9. The summed E-state index contributed by atoms with van der Waals surface area (Å²) in [5, 5.41) is 5.90. The Hall–Kier alpha value is -4.37. The van der Waals surface area contributed by atoms with Crippen LogP contribution in [-0.4, -0.2) is 61.6 Å². The SMILES string of the molecule is COc1cccc(C(=O)Nc2ccc3c(c2)C(=O)N(C)[C@@H]2CC[C@@H](CC(=O)N[C@@H](C)c4ccccc4)O[C@H]2CO3)c1. The highest BCUT2D eigenvalue weighted by Gasteiger charge is 2.39. The minimum Gasteiger partial charge on any atom is -0.497 e. The summed E-state index contributed by atoms with van der Waals surface area (Å²) in [6.07, 6.45) is 0.937. The maximum absolute atomic E-state index is 13.5. The van der Waals surface area contributed by atoms with Crippen molar-refractivity contribution in [3.05, 3.63) is 89.5 Å². The monoisotopic (exact) mass is 557 g/mol. The number of amides is 3. The second kappa shape index (κ2) is 12.4. The van der Waals surface area contributed by atoms with Gasteiger partial charge in [-0.2, -0.15) is 0 Å². The highest BCUT2D eigenvalue weighted by molar-refractivity contribution is 6.05. The number of rotatable bonds is 7. The number of carbonyl (C=O) groups excluding carboxylic acids is 3. The largest absolute Gasteiger partial charge is 0.497 e. The molecule has 2 aliphatic rings. The van der Waals surface area contributed by atoms with Crippen LogP contribution >= 0.6 is 0 Å². The van der Waals surface area contributed by atoms with E-state index in [1.54, 1.807) is 61.5 Å². The summed E-state index contributed by atoms with van der Waals surface area (Å²) < 4.78 is 17.6. The molecule has 2 N–H and O–H groups in total. The van der Waals surface area contributed by atoms with Crippen molar-refractivity contribution in [1.29, 1.82) is 0 Å². The lowest BCUT2D eigenvalue weighted by atomic mass is 9.94. The molecule has 0 saturated carbocycles. The van der Waals surface area contributed by atoms with Crippen molar-refractivity contribution in [2.75, 3.05) is 26.1 Å². The Morgan fingerprint density at radius 2 is 1.85 bits per heavy atom. The van der Waals surface area contributed by atoms with E-state index in [0.717, 1.165) is 5.56 Å². The third kappa shape index (κ3) is 6.52. The Morgan fingerprint density at radius 1 is 1.05 bits per heavy atom. The lowest BCUT2D eigenvalue weighted by Crippen LogP contribution is -2.54. The molecule has 1 saturated heterocycles. The van der Waals surface area contributed by atoms with Gasteiger partial charge in [-0.1, -0.05) is 36.4 Å². The average Bonchev–Trinajstić information content (AvgIpc) is 2.99. The van der Waals surface area contributed by atoms with Gasteiger partial charge in [-0.3, -0.25) is 14.4 Å². The molecule has 9 heteroatoms. The predicted octanol–water partition coefficient (Wildman–Crippen LogP) is 4.60. The molecule has 3 aromatic rings. The van der Waals surface area contributed by atoms with Crippen LogP contribution in [0.15, 0.2) is 72.8 Å². The highest BCUT2D eigenvalue weighted by Crippen LogP contribution is 2.33. The molecule has 2 aliphatic heterocycles. The second-order valence-electron chi connectivity index (χ2n) is 10.5. The predicted molar refractivity (Wildman–Crippen MR) is 154 cm³/mol. The number of ether oxygens (including phenoxy) is 3. The first-order chi connectivity index (χ1) is 19.8. The smallest absolute Gasteiger partial charge is 0.257 e. The standard InChI is InChI=1S/C32H35N3O6/c1-20(21-8-5-4-6-9-21)33-30(36)18-25-13-14-27-29(41-25)19-40-28-15-12-23(17-26(28)32(38)35(27)2)34-31(37)22-10-7-11-24(16-22)39-3/h4-12,15-17,20,25,27,29H,13-14,18-19H2,1-3H3,(H,33,36)(H,34,37)/t20-,25-,27+,29-/m0/s1. The summed E-state index contributed by atoms with van der Waals surface area (Å²) in [5.74, 6) is 0.388. The number of fused-ring (bicyclic) bond motifs is 2. The van der Waals surface area contributed by atoms with Crippen LogP contribution in [0.5, 0.6) is 11.5 Å². The van der Waals surface area contributed by atoms with Crippen LogP contribution in [0.2, 0.25) is 0 Å². The van der Waals surface area contributed by atoms with Crippen molar-refractivity contribution >= 4 is 23.4 Å². The number of carbonyl (C=O) groups is 3. The van der Waals surface area contributed by atoms with E-state index in [2.05, 4.69) is 10.6 Å². The molecule has 3 aromatic carbocycles. The van der Waals surface area contributed by atoms with Crippen LogP contribution in [0.25, 0.3) is 0 Å². The van der Waals surface area contributed by atoms with Crippen LogP contribution < -0.4 is 20.1 Å². The number of anilines is 1. The number of likely N-dealkylation sites (N-methyl/N-ethyl adjacent to an activating group) is 1. The van der Waals surface area contributed by atoms with Gasteiger partial charge in [-0.15, -0.1) is 0 Å². The zero-order valence-corrected chi connectivity index (χ0v) is 23.5. The van der Waals surface area contributed by atoms with Crippen molar-refractivity contribution in [1.82, 2.24) is 10.2 Å². The molecule has 214 valence electrons. The maximum Gasteiger partial charge on any atom is 0.257 e. The molecule has 0 radical (unpaired) electrons. The minimum atomic E-state index is -0.373. The molecular formula is C32H35N3O6. The number of methoxy groups -OCH3 is 1. The molecule has 0 spiro atoms. The molecular weight excluding hydrogens is 522 g/mol. The molecule has 9 nitrogen and oxygen atoms in total. The molecule has 4 atom stereocenters. The van der Waals surface area contributed by atoms with Gasteiger partial charge in [0.05, 0.1) is 37.3 Å². The second-order valence-corrected chi connectivity index (χ2v) is 10.5. The van der Waals surface area contributed by atoms with Gasteiger partial charge in [0.15, 0.2) is 0 Å². The van der Waals surface area contributed by atoms with Crippen molar-refractivity contribution in [2.45, 2.75) is 50.5 Å². The van der Waals surface area contributed by atoms with Crippen molar-refractivity contribution in [3.63, 3.8) is 0 Å². The number of hydrogen-bond donors (Lipinski definition) is 2. The molecule has 0 bridgehead atoms. The van der Waals surface area contributed by atoms with Gasteiger partial charge in [0.1, 0.15) is 24.2 Å². The van der Waals surface area contributed by atoms with Crippen molar-refractivity contribution in [3.8, 4) is 11.5 Å². The molecule has 0 aromatic heterocycles. The Morgan fingerprint density at radius 3 is 2.63 bits per heavy atom. The van der Waals surface area contributed by atoms with E-state index >= 15 is 0 Å². The summed E-state index contributed by atoms with van der Waals surface area (Å²) in [4.78, 5) is 40.8. The summed E-state index contributed by atoms with van der Waals surface area (Å²) >= 11 is 0. The Bertz CT molecular complexity index is 1410. The first-order valence-corrected chi connectivity index (χ1v) is 13.8. The van der Waals surface area contributed by atoms with E-state index in [9.17, 15) is 14.4 Å². The molecule has 41 heavy (non-hydrogen) atoms. The van der Waals surface area contributed by atoms with Gasteiger partial charge < -0.3 is 29.7 Å². The van der Waals surface area contributed by atoms with Crippen molar-refractivity contribution < 1.29 is 28.6 Å². The summed E-state index contributed by atoms with van der Waals surface area (Å²) in [5.41, 5.74) is 2.33. The van der Waals surface area contributed by atoms with Gasteiger partial charge in [0.25, 0.3) is 11.8 Å². The van der Waals surface area contributed by atoms with Crippen LogP contribution in [0.4, 0.5) is 5.69 Å². The first-order valence-electron chi connectivity index (χ1n) is 13.8. The summed E-state index contributed by atoms with van der Waals surface area (Å²) in [6, 6.07) is 21.4. The van der Waals surface area contributed by atoms with E-state index in [1.165, 1.54) is 0 Å². The average molecular weight is 558 g/mol. The Kier molecular flexibility index (Phi) is 8.54. The summed E-state index contributed by atoms with van der Waals surface area (Å²) in [7, 11) is 3.30. The van der Waals surface area contributed by atoms with Gasteiger partial charge in [-0.25, -0.2) is 0 Å². The Labute approximate surface area is 239 Å². The van der Waals surface area contributed by atoms with E-state index in [-0.39, 0.29) is 55.0 Å². The fourth-order valence-corrected chi connectivity index (χ4v) is 5.41. The molecule has 3 amide bonds. The van der Waals surface area contributed by atoms with E-state index < -0.39 is 0 Å². The topological polar surface area (TPSA) is 106 Å². The quantitative estimate of drug-likeness (QED) is 0.440. The fraction of sp³-hybridized carbons (Fsp3) is 0.344. The number of nitrogens with one attached hydrogen (secondary N) is 2. The Balaban J connectivity index is 1.23. The van der Waals surface area contributed by atoms with Crippen LogP contribution in [0.3, 0.4) is 0 Å². The van der Waals surface area contributed by atoms with E-state index in [1.807, 2.05) is 37.3 Å². The summed E-state index contributed by atoms with van der Waals surface area (Å²) in [6.45, 7) is 2.20. The maximum atomic E-state index is 13.5. The normalized spacial score (nSPS) is 20.8.